The number of anilines is 1. The van der Waals surface area contributed by atoms with Gasteiger partial charge < -0.3 is 9.88 Å². The second kappa shape index (κ2) is 7.42. The molecule has 6 heteroatoms. The van der Waals surface area contributed by atoms with Crippen molar-refractivity contribution in [3.63, 3.8) is 0 Å². The van der Waals surface area contributed by atoms with Crippen molar-refractivity contribution in [2.45, 2.75) is 19.9 Å². The van der Waals surface area contributed by atoms with Crippen LogP contribution in [0.5, 0.6) is 0 Å². The second-order valence-electron chi connectivity index (χ2n) is 5.29. The lowest BCUT2D eigenvalue weighted by Gasteiger charge is -2.17. The molecule has 0 spiro atoms. The molecule has 22 heavy (non-hydrogen) atoms. The topological polar surface area (TPSA) is 50.2 Å². The second-order valence-corrected chi connectivity index (χ2v) is 5.67. The van der Waals surface area contributed by atoms with E-state index in [1.54, 1.807) is 6.20 Å². The summed E-state index contributed by atoms with van der Waals surface area (Å²) in [5.74, 6) is 0.790. The molecule has 2 rings (SSSR count). The average molecular weight is 321 g/mol. The molecular formula is C16H21ClN4O. The van der Waals surface area contributed by atoms with Gasteiger partial charge in [-0.15, -0.1) is 0 Å². The molecule has 0 saturated carbocycles. The first-order valence-corrected chi connectivity index (χ1v) is 7.61. The third-order valence-corrected chi connectivity index (χ3v) is 3.88. The number of nitrogens with zero attached hydrogens (tertiary/aromatic N) is 3. The van der Waals surface area contributed by atoms with Gasteiger partial charge in [-0.2, -0.15) is 0 Å². The standard InChI is InChI=1S/C16H21ClN4O/c1-4-12-7-5-6-8-13(12)19-16(22)11-20(2)10-15-18-9-14(17)21(15)3/h5-9H,4,10-11H2,1-3H3,(H,19,22). The number of aryl methyl sites for hydroxylation is 1. The normalized spacial score (nSPS) is 11.0. The first kappa shape index (κ1) is 16.5. The molecule has 2 aromatic rings. The predicted octanol–water partition coefficient (Wildman–Crippen LogP) is 2.71. The van der Waals surface area contributed by atoms with Crippen LogP contribution in [-0.2, 0) is 24.8 Å². The zero-order valence-corrected chi connectivity index (χ0v) is 13.9. The Morgan fingerprint density at radius 3 is 2.77 bits per heavy atom. The van der Waals surface area contributed by atoms with Crippen LogP contribution in [0.1, 0.15) is 18.3 Å². The summed E-state index contributed by atoms with van der Waals surface area (Å²) >= 11 is 5.96. The van der Waals surface area contributed by atoms with E-state index in [0.29, 0.717) is 18.2 Å². The van der Waals surface area contributed by atoms with E-state index in [1.165, 1.54) is 0 Å². The minimum atomic E-state index is -0.0382. The lowest BCUT2D eigenvalue weighted by atomic mass is 10.1. The number of hydrogen-bond acceptors (Lipinski definition) is 3. The minimum Gasteiger partial charge on any atom is -0.325 e. The number of hydrogen-bond donors (Lipinski definition) is 1. The molecule has 0 radical (unpaired) electrons. The zero-order chi connectivity index (χ0) is 16.1. The number of amides is 1. The fraction of sp³-hybridized carbons (Fsp3) is 0.375. The lowest BCUT2D eigenvalue weighted by Crippen LogP contribution is -2.30. The highest BCUT2D eigenvalue weighted by molar-refractivity contribution is 6.29. The number of rotatable bonds is 6. The molecule has 1 amide bonds. The van der Waals surface area contributed by atoms with Crippen molar-refractivity contribution in [1.29, 1.82) is 0 Å². The van der Waals surface area contributed by atoms with Gasteiger partial charge in [0.1, 0.15) is 11.0 Å². The van der Waals surface area contributed by atoms with Crippen molar-refractivity contribution >= 4 is 23.2 Å². The summed E-state index contributed by atoms with van der Waals surface area (Å²) in [4.78, 5) is 18.3. The Hall–Kier alpha value is -1.85. The van der Waals surface area contributed by atoms with Gasteiger partial charge >= 0.3 is 0 Å². The van der Waals surface area contributed by atoms with E-state index >= 15 is 0 Å². The Kier molecular flexibility index (Phi) is 5.57. The van der Waals surface area contributed by atoms with Crippen molar-refractivity contribution in [1.82, 2.24) is 14.5 Å². The molecule has 0 fully saturated rings. The van der Waals surface area contributed by atoms with Crippen molar-refractivity contribution in [3.05, 3.63) is 47.0 Å². The summed E-state index contributed by atoms with van der Waals surface area (Å²) in [5, 5.41) is 3.55. The third kappa shape index (κ3) is 4.08. The van der Waals surface area contributed by atoms with Gasteiger partial charge in [-0.05, 0) is 25.1 Å². The van der Waals surface area contributed by atoms with Gasteiger partial charge in [0.15, 0.2) is 0 Å². The Morgan fingerprint density at radius 2 is 2.14 bits per heavy atom. The molecule has 1 aromatic carbocycles. The van der Waals surface area contributed by atoms with E-state index < -0.39 is 0 Å². The van der Waals surface area contributed by atoms with E-state index in [-0.39, 0.29) is 5.91 Å². The van der Waals surface area contributed by atoms with Gasteiger partial charge in [0, 0.05) is 12.7 Å². The molecule has 1 aromatic heterocycles. The van der Waals surface area contributed by atoms with Gasteiger partial charge in [-0.1, -0.05) is 36.7 Å². The molecule has 0 unspecified atom stereocenters. The van der Waals surface area contributed by atoms with E-state index in [9.17, 15) is 4.79 Å². The number of benzene rings is 1. The van der Waals surface area contributed by atoms with Crippen LogP contribution in [0, 0.1) is 0 Å². The molecule has 0 aliphatic carbocycles. The largest absolute Gasteiger partial charge is 0.325 e. The van der Waals surface area contributed by atoms with Crippen LogP contribution < -0.4 is 5.32 Å². The Balaban J connectivity index is 1.92. The Morgan fingerprint density at radius 1 is 1.41 bits per heavy atom. The first-order chi connectivity index (χ1) is 10.5. The van der Waals surface area contributed by atoms with Crippen LogP contribution >= 0.6 is 11.6 Å². The van der Waals surface area contributed by atoms with Crippen LogP contribution in [0.3, 0.4) is 0 Å². The minimum absolute atomic E-state index is 0.0382. The molecule has 5 nitrogen and oxygen atoms in total. The van der Waals surface area contributed by atoms with E-state index in [4.69, 9.17) is 11.6 Å². The summed E-state index contributed by atoms with van der Waals surface area (Å²) in [5.41, 5.74) is 2.01. The average Bonchev–Trinajstić information content (AvgIpc) is 2.79. The summed E-state index contributed by atoms with van der Waals surface area (Å²) < 4.78 is 1.81. The Labute approximate surface area is 135 Å². The van der Waals surface area contributed by atoms with Crippen molar-refractivity contribution in [3.8, 4) is 0 Å². The van der Waals surface area contributed by atoms with Gasteiger partial charge in [-0.3, -0.25) is 9.69 Å². The van der Waals surface area contributed by atoms with Crippen LogP contribution in [0.25, 0.3) is 0 Å². The third-order valence-electron chi connectivity index (χ3n) is 3.52. The number of likely N-dealkylation sites (N-methyl/N-ethyl adjacent to an activating group) is 1. The number of aromatic nitrogens is 2. The van der Waals surface area contributed by atoms with Crippen LogP contribution in [-0.4, -0.2) is 34.0 Å². The van der Waals surface area contributed by atoms with E-state index in [2.05, 4.69) is 17.2 Å². The fourth-order valence-electron chi connectivity index (χ4n) is 2.25. The fourth-order valence-corrected chi connectivity index (χ4v) is 2.40. The predicted molar refractivity (Wildman–Crippen MR) is 89.0 cm³/mol. The highest BCUT2D eigenvalue weighted by Crippen LogP contribution is 2.15. The van der Waals surface area contributed by atoms with Crippen molar-refractivity contribution < 1.29 is 4.79 Å². The van der Waals surface area contributed by atoms with Crippen molar-refractivity contribution in [2.24, 2.45) is 7.05 Å². The molecule has 0 aliphatic heterocycles. The number of halogens is 1. The van der Waals surface area contributed by atoms with Crippen LogP contribution in [0.15, 0.2) is 30.5 Å². The Bertz CT molecular complexity index is 653. The lowest BCUT2D eigenvalue weighted by molar-refractivity contribution is -0.117. The molecule has 0 atom stereocenters. The number of carbonyl (C=O) groups excluding carboxylic acids is 1. The summed E-state index contributed by atoms with van der Waals surface area (Å²) in [6.07, 6.45) is 2.50. The van der Waals surface area contributed by atoms with Crippen molar-refractivity contribution in [2.75, 3.05) is 18.9 Å². The number of nitrogens with one attached hydrogen (secondary N) is 1. The molecule has 1 N–H and O–H groups in total. The van der Waals surface area contributed by atoms with Gasteiger partial charge in [0.05, 0.1) is 19.3 Å². The van der Waals surface area contributed by atoms with E-state index in [0.717, 1.165) is 23.5 Å². The summed E-state index contributed by atoms with van der Waals surface area (Å²) in [6.45, 7) is 2.93. The molecule has 0 saturated heterocycles. The van der Waals surface area contributed by atoms with Crippen LogP contribution in [0.4, 0.5) is 5.69 Å². The molecule has 0 aliphatic rings. The van der Waals surface area contributed by atoms with Crippen LogP contribution in [0.2, 0.25) is 5.15 Å². The maximum absolute atomic E-state index is 12.2. The van der Waals surface area contributed by atoms with Gasteiger partial charge in [0.2, 0.25) is 5.91 Å². The number of carbonyl (C=O) groups is 1. The number of para-hydroxylation sites is 1. The van der Waals surface area contributed by atoms with E-state index in [1.807, 2.05) is 47.8 Å². The van der Waals surface area contributed by atoms with Gasteiger partial charge in [-0.25, -0.2) is 4.98 Å². The number of imidazole rings is 1. The first-order valence-electron chi connectivity index (χ1n) is 7.23. The SMILES string of the molecule is CCc1ccccc1NC(=O)CN(C)Cc1ncc(Cl)n1C. The highest BCUT2D eigenvalue weighted by atomic mass is 35.5. The smallest absolute Gasteiger partial charge is 0.238 e. The maximum Gasteiger partial charge on any atom is 0.238 e. The molecular weight excluding hydrogens is 300 g/mol. The van der Waals surface area contributed by atoms with Gasteiger partial charge in [0.25, 0.3) is 0 Å². The summed E-state index contributed by atoms with van der Waals surface area (Å²) in [7, 11) is 3.74. The summed E-state index contributed by atoms with van der Waals surface area (Å²) in [6, 6.07) is 7.85. The highest BCUT2D eigenvalue weighted by Gasteiger charge is 2.12. The molecule has 1 heterocycles. The quantitative estimate of drug-likeness (QED) is 0.890. The maximum atomic E-state index is 12.2. The molecule has 118 valence electrons. The molecule has 0 bridgehead atoms. The monoisotopic (exact) mass is 320 g/mol. The zero-order valence-electron chi connectivity index (χ0n) is 13.1.